The van der Waals surface area contributed by atoms with E-state index in [0.29, 0.717) is 15.5 Å². The van der Waals surface area contributed by atoms with Gasteiger partial charge in [-0.15, -0.1) is 9.20 Å². The van der Waals surface area contributed by atoms with Crippen LogP contribution in [0.2, 0.25) is 0 Å². The van der Waals surface area contributed by atoms with E-state index in [1.165, 1.54) is 12.1 Å². The maximum Gasteiger partial charge on any atom is 0.309 e. The second kappa shape index (κ2) is 6.72. The number of hydrogen-bond acceptors (Lipinski definition) is 5. The van der Waals surface area contributed by atoms with E-state index in [4.69, 9.17) is 0 Å². The van der Waals surface area contributed by atoms with Crippen molar-refractivity contribution in [1.82, 2.24) is 9.19 Å². The van der Waals surface area contributed by atoms with Gasteiger partial charge in [-0.2, -0.15) is 13.5 Å². The topological polar surface area (TPSA) is 96.7 Å². The highest BCUT2D eigenvalue weighted by Gasteiger charge is 2.23. The van der Waals surface area contributed by atoms with Crippen LogP contribution in [-0.2, 0) is 10.0 Å². The summed E-state index contributed by atoms with van der Waals surface area (Å²) in [4.78, 5) is 12.6. The van der Waals surface area contributed by atoms with Gasteiger partial charge in [-0.25, -0.2) is 0 Å². The van der Waals surface area contributed by atoms with Crippen LogP contribution in [0.15, 0.2) is 68.4 Å². The summed E-state index contributed by atoms with van der Waals surface area (Å²) in [7, 11) is -4.03. The Bertz CT molecular complexity index is 1120. The predicted octanol–water partition coefficient (Wildman–Crippen LogP) is 3.75. The van der Waals surface area contributed by atoms with Crippen LogP contribution in [0.5, 0.6) is 0 Å². The highest BCUT2D eigenvalue weighted by atomic mass is 32.2. The summed E-state index contributed by atoms with van der Waals surface area (Å²) in [6, 6.07) is 13.5. The Kier molecular flexibility index (Phi) is 4.60. The Labute approximate surface area is 151 Å². The molecule has 0 aliphatic rings. The summed E-state index contributed by atoms with van der Waals surface area (Å²) < 4.78 is 26.0. The van der Waals surface area contributed by atoms with Gasteiger partial charge < -0.3 is 0 Å². The van der Waals surface area contributed by atoms with E-state index in [1.807, 2.05) is 26.0 Å². The summed E-state index contributed by atoms with van der Waals surface area (Å²) in [6.45, 7) is 5.38. The van der Waals surface area contributed by atoms with Crippen LogP contribution in [0.25, 0.3) is 0 Å². The molecule has 0 unspecified atom stereocenters. The van der Waals surface area contributed by atoms with Gasteiger partial charge in [0.1, 0.15) is 0 Å². The minimum Gasteiger partial charge on any atom is -0.283 e. The van der Waals surface area contributed by atoms with Gasteiger partial charge in [0, 0.05) is 0 Å². The van der Waals surface area contributed by atoms with Gasteiger partial charge in [0.05, 0.1) is 16.3 Å². The molecule has 0 atom stereocenters. The van der Waals surface area contributed by atoms with Gasteiger partial charge in [-0.3, -0.25) is 9.89 Å². The van der Waals surface area contributed by atoms with Crippen molar-refractivity contribution in [3.05, 3.63) is 75.7 Å². The Morgan fingerprint density at radius 1 is 0.846 bits per heavy atom. The molecule has 7 nitrogen and oxygen atoms in total. The fourth-order valence-electron chi connectivity index (χ4n) is 2.33. The number of hydrogen-bond donors (Lipinski definition) is 1. The molecule has 0 saturated heterocycles. The molecule has 0 fully saturated rings. The summed E-state index contributed by atoms with van der Waals surface area (Å²) >= 11 is 0. The third-order valence-electron chi connectivity index (χ3n) is 3.87. The van der Waals surface area contributed by atoms with Crippen molar-refractivity contribution in [2.75, 3.05) is 0 Å². The predicted molar refractivity (Wildman–Crippen MR) is 98.9 cm³/mol. The average molecular weight is 370 g/mol. The zero-order valence-electron chi connectivity index (χ0n) is 14.6. The van der Waals surface area contributed by atoms with E-state index in [1.54, 1.807) is 31.2 Å². The highest BCUT2D eigenvalue weighted by molar-refractivity contribution is 7.89. The van der Waals surface area contributed by atoms with E-state index in [-0.39, 0.29) is 10.6 Å². The van der Waals surface area contributed by atoms with Crippen LogP contribution < -0.4 is 5.56 Å². The van der Waals surface area contributed by atoms with Crippen molar-refractivity contribution >= 4 is 21.4 Å². The zero-order valence-corrected chi connectivity index (χ0v) is 15.4. The fraction of sp³-hybridized carbons (Fsp3) is 0.167. The lowest BCUT2D eigenvalue weighted by Gasteiger charge is -2.04. The molecule has 0 spiro atoms. The third kappa shape index (κ3) is 3.36. The molecule has 26 heavy (non-hydrogen) atoms. The molecule has 0 radical (unpaired) electrons. The highest BCUT2D eigenvalue weighted by Crippen LogP contribution is 2.20. The summed E-state index contributed by atoms with van der Waals surface area (Å²) in [6.07, 6.45) is 0. The van der Waals surface area contributed by atoms with Crippen molar-refractivity contribution in [3.8, 4) is 0 Å². The molecule has 1 aromatic heterocycles. The average Bonchev–Trinajstić information content (AvgIpc) is 2.90. The van der Waals surface area contributed by atoms with Gasteiger partial charge in [-0.05, 0) is 45.0 Å². The second-order valence-corrected chi connectivity index (χ2v) is 7.80. The lowest BCUT2D eigenvalue weighted by molar-refractivity contribution is 0.577. The Morgan fingerprint density at radius 3 is 1.96 bits per heavy atom. The summed E-state index contributed by atoms with van der Waals surface area (Å²) in [5, 5.41) is 10.5. The number of nitrogens with zero attached hydrogens (tertiary/aromatic N) is 3. The number of nitrogens with one attached hydrogen (secondary N) is 1. The first-order chi connectivity index (χ1) is 12.3. The lowest BCUT2D eigenvalue weighted by Crippen LogP contribution is -2.25. The standard InChI is InChI=1S/C18H18N4O3S/c1-12-4-8-15(9-5-12)19-20-17-14(3)21-22(18(17)23)26(24,25)16-10-6-13(2)7-11-16/h4-11,21H,1-3H3. The molecule has 0 amide bonds. The number of aromatic amines is 1. The van der Waals surface area contributed by atoms with Crippen molar-refractivity contribution in [2.45, 2.75) is 25.7 Å². The largest absolute Gasteiger partial charge is 0.309 e. The van der Waals surface area contributed by atoms with Crippen molar-refractivity contribution in [2.24, 2.45) is 10.2 Å². The summed E-state index contributed by atoms with van der Waals surface area (Å²) in [5.74, 6) is 0. The summed E-state index contributed by atoms with van der Waals surface area (Å²) in [5.41, 5.74) is 2.09. The molecule has 2 aromatic carbocycles. The third-order valence-corrected chi connectivity index (χ3v) is 5.48. The molecule has 0 aliphatic heterocycles. The van der Waals surface area contributed by atoms with Crippen molar-refractivity contribution in [1.29, 1.82) is 0 Å². The van der Waals surface area contributed by atoms with Gasteiger partial charge >= 0.3 is 5.56 Å². The maximum atomic E-state index is 12.7. The van der Waals surface area contributed by atoms with Crippen LogP contribution in [0.3, 0.4) is 0 Å². The Balaban J connectivity index is 2.01. The SMILES string of the molecule is Cc1ccc(N=Nc2c(C)[nH]n(S(=O)(=O)c3ccc(C)cc3)c2=O)cc1. The van der Waals surface area contributed by atoms with Gasteiger partial charge in [0.2, 0.25) is 0 Å². The number of H-pyrrole nitrogens is 1. The molecule has 0 bridgehead atoms. The van der Waals surface area contributed by atoms with Crippen LogP contribution in [-0.4, -0.2) is 17.6 Å². The monoisotopic (exact) mass is 370 g/mol. The minimum absolute atomic E-state index is 0.0217. The smallest absolute Gasteiger partial charge is 0.283 e. The van der Waals surface area contributed by atoms with Crippen LogP contribution in [0, 0.1) is 20.8 Å². The molecule has 0 aliphatic carbocycles. The molecule has 1 N–H and O–H groups in total. The molecule has 3 aromatic rings. The van der Waals surface area contributed by atoms with E-state index in [9.17, 15) is 13.2 Å². The Hall–Kier alpha value is -3.00. The number of aromatic nitrogens is 2. The van der Waals surface area contributed by atoms with E-state index >= 15 is 0 Å². The molecular formula is C18H18N4O3S. The molecule has 134 valence electrons. The van der Waals surface area contributed by atoms with Crippen LogP contribution in [0.4, 0.5) is 11.4 Å². The molecule has 0 saturated carbocycles. The molecular weight excluding hydrogens is 352 g/mol. The van der Waals surface area contributed by atoms with Crippen molar-refractivity contribution in [3.63, 3.8) is 0 Å². The number of azo groups is 1. The normalized spacial score (nSPS) is 12.0. The zero-order chi connectivity index (χ0) is 18.9. The second-order valence-electron chi connectivity index (χ2n) is 6.01. The maximum absolute atomic E-state index is 12.7. The lowest BCUT2D eigenvalue weighted by atomic mass is 10.2. The van der Waals surface area contributed by atoms with E-state index in [0.717, 1.165) is 11.1 Å². The van der Waals surface area contributed by atoms with Gasteiger partial charge in [-0.1, -0.05) is 35.4 Å². The molecule has 8 heteroatoms. The van der Waals surface area contributed by atoms with Crippen LogP contribution in [0.1, 0.15) is 16.8 Å². The Morgan fingerprint density at radius 2 is 1.38 bits per heavy atom. The van der Waals surface area contributed by atoms with E-state index in [2.05, 4.69) is 15.3 Å². The van der Waals surface area contributed by atoms with E-state index < -0.39 is 15.6 Å². The number of aryl methyl sites for hydroxylation is 3. The first-order valence-corrected chi connectivity index (χ1v) is 9.35. The fourth-order valence-corrected chi connectivity index (χ4v) is 3.59. The number of benzene rings is 2. The number of rotatable bonds is 4. The quantitative estimate of drug-likeness (QED) is 0.708. The molecule has 3 rings (SSSR count). The van der Waals surface area contributed by atoms with Crippen molar-refractivity contribution < 1.29 is 8.42 Å². The first-order valence-electron chi connectivity index (χ1n) is 7.91. The minimum atomic E-state index is -4.03. The molecule has 1 heterocycles. The van der Waals surface area contributed by atoms with Gasteiger partial charge in [0.25, 0.3) is 10.0 Å². The first kappa shape index (κ1) is 17.8. The van der Waals surface area contributed by atoms with Crippen LogP contribution >= 0.6 is 0 Å². The van der Waals surface area contributed by atoms with Gasteiger partial charge in [0.15, 0.2) is 5.69 Å².